The van der Waals surface area contributed by atoms with Crippen molar-refractivity contribution in [1.29, 1.82) is 0 Å². The summed E-state index contributed by atoms with van der Waals surface area (Å²) in [6.45, 7) is 1.46. The number of hydrogen-bond acceptors (Lipinski definition) is 5. The number of hydrogen-bond donors (Lipinski definition) is 3. The number of rotatable bonds is 2. The summed E-state index contributed by atoms with van der Waals surface area (Å²) < 4.78 is 49.4. The molecule has 3 N–H and O–H groups in total. The molecule has 1 amide bonds. The number of sulfonamides is 1. The Morgan fingerprint density at radius 1 is 1.34 bits per heavy atom. The molecule has 0 radical (unpaired) electrons. The predicted molar refractivity (Wildman–Crippen MR) is 105 cm³/mol. The van der Waals surface area contributed by atoms with Crippen LogP contribution in [-0.2, 0) is 17.1 Å². The molecule has 156 valence electrons. The summed E-state index contributed by atoms with van der Waals surface area (Å²) >= 11 is 5.76. The van der Waals surface area contributed by atoms with Gasteiger partial charge in [-0.2, -0.15) is 0 Å². The number of aromatic nitrogens is 1. The van der Waals surface area contributed by atoms with Gasteiger partial charge in [0.25, 0.3) is 5.91 Å². The second kappa shape index (κ2) is 7.28. The molecule has 1 saturated heterocycles. The average molecular weight is 443 g/mol. The van der Waals surface area contributed by atoms with Crippen LogP contribution in [0.2, 0.25) is 5.02 Å². The van der Waals surface area contributed by atoms with E-state index in [1.165, 1.54) is 22.9 Å². The van der Waals surface area contributed by atoms with Crippen LogP contribution >= 0.6 is 11.6 Å². The van der Waals surface area contributed by atoms with Gasteiger partial charge in [0, 0.05) is 18.9 Å². The minimum Gasteiger partial charge on any atom is -0.488 e. The lowest BCUT2D eigenvalue weighted by Crippen LogP contribution is -2.56. The van der Waals surface area contributed by atoms with Crippen LogP contribution in [0.3, 0.4) is 0 Å². The van der Waals surface area contributed by atoms with Gasteiger partial charge in [0.15, 0.2) is 11.4 Å². The fourth-order valence-electron chi connectivity index (χ4n) is 3.67. The number of carbonyl (C=O) groups is 1. The van der Waals surface area contributed by atoms with Crippen molar-refractivity contribution in [3.63, 3.8) is 0 Å². The molecule has 8 nitrogen and oxygen atoms in total. The topological polar surface area (TPSA) is 101 Å². The smallest absolute Gasteiger partial charge is 0.276 e. The highest BCUT2D eigenvalue weighted by atomic mass is 35.5. The van der Waals surface area contributed by atoms with Crippen molar-refractivity contribution >= 4 is 33.2 Å². The van der Waals surface area contributed by atoms with E-state index >= 15 is 0 Å². The zero-order valence-corrected chi connectivity index (χ0v) is 17.2. The Balaban J connectivity index is 1.68. The van der Waals surface area contributed by atoms with Gasteiger partial charge < -0.3 is 19.9 Å². The van der Waals surface area contributed by atoms with Crippen molar-refractivity contribution in [1.82, 2.24) is 14.6 Å². The number of nitrogens with zero attached hydrogens (tertiary/aromatic N) is 1. The Morgan fingerprint density at radius 2 is 2.07 bits per heavy atom. The molecule has 4 rings (SSSR count). The quantitative estimate of drug-likeness (QED) is 0.659. The number of aryl methyl sites for hydroxylation is 1. The standard InChI is InChI=1S/C18H20ClFN4O4S/c1-24-9-14-16(15(24)17(25)22-11-2-3-13(20)12(19)8-11)28-10-18(23-29(14,26)27)4-6-21-7-5-18/h2-3,8-9,21,23H,4-7,10H2,1H3,(H,22,25). The third-order valence-corrected chi connectivity index (χ3v) is 7.05. The Kier molecular flexibility index (Phi) is 5.06. The van der Waals surface area contributed by atoms with Crippen LogP contribution in [0.25, 0.3) is 0 Å². The van der Waals surface area contributed by atoms with Gasteiger partial charge in [-0.05, 0) is 44.1 Å². The van der Waals surface area contributed by atoms with Gasteiger partial charge in [-0.3, -0.25) is 4.79 Å². The van der Waals surface area contributed by atoms with Crippen LogP contribution in [0.15, 0.2) is 29.3 Å². The molecule has 2 aliphatic heterocycles. The molecule has 2 aliphatic rings. The highest BCUT2D eigenvalue weighted by molar-refractivity contribution is 7.89. The first-order chi connectivity index (χ1) is 13.7. The number of amides is 1. The summed E-state index contributed by atoms with van der Waals surface area (Å²) in [4.78, 5) is 12.8. The number of benzene rings is 1. The van der Waals surface area contributed by atoms with Crippen molar-refractivity contribution in [3.05, 3.63) is 40.9 Å². The van der Waals surface area contributed by atoms with E-state index in [-0.39, 0.29) is 33.7 Å². The van der Waals surface area contributed by atoms with Crippen molar-refractivity contribution in [2.24, 2.45) is 7.05 Å². The Labute approximate surface area is 172 Å². The van der Waals surface area contributed by atoms with Crippen LogP contribution in [0, 0.1) is 5.82 Å². The van der Waals surface area contributed by atoms with E-state index in [0.717, 1.165) is 6.07 Å². The Hall–Kier alpha value is -2.14. The van der Waals surface area contributed by atoms with Crippen molar-refractivity contribution in [2.45, 2.75) is 23.3 Å². The van der Waals surface area contributed by atoms with Gasteiger partial charge in [0.05, 0.1) is 10.6 Å². The third-order valence-electron chi connectivity index (χ3n) is 5.19. The van der Waals surface area contributed by atoms with E-state index in [9.17, 15) is 17.6 Å². The van der Waals surface area contributed by atoms with Crippen molar-refractivity contribution < 1.29 is 22.3 Å². The van der Waals surface area contributed by atoms with Gasteiger partial charge in [0.1, 0.15) is 17.3 Å². The van der Waals surface area contributed by atoms with Gasteiger partial charge >= 0.3 is 0 Å². The number of anilines is 1. The summed E-state index contributed by atoms with van der Waals surface area (Å²) in [7, 11) is -2.33. The molecule has 0 saturated carbocycles. The molecule has 1 spiro atoms. The molecule has 2 aromatic rings. The second-order valence-electron chi connectivity index (χ2n) is 7.29. The van der Waals surface area contributed by atoms with E-state index in [1.54, 1.807) is 7.05 Å². The summed E-state index contributed by atoms with van der Waals surface area (Å²) in [6.07, 6.45) is 2.51. The maximum absolute atomic E-state index is 13.4. The van der Waals surface area contributed by atoms with E-state index in [2.05, 4.69) is 15.4 Å². The monoisotopic (exact) mass is 442 g/mol. The summed E-state index contributed by atoms with van der Waals surface area (Å²) in [6, 6.07) is 3.78. The molecule has 11 heteroatoms. The van der Waals surface area contributed by atoms with Gasteiger partial charge in [0.2, 0.25) is 10.0 Å². The van der Waals surface area contributed by atoms with Gasteiger partial charge in [-0.15, -0.1) is 0 Å². The number of piperidine rings is 1. The number of halogens is 2. The lowest BCUT2D eigenvalue weighted by atomic mass is 9.90. The molecule has 3 heterocycles. The summed E-state index contributed by atoms with van der Waals surface area (Å²) in [5, 5.41) is 5.67. The summed E-state index contributed by atoms with van der Waals surface area (Å²) in [5.74, 6) is -1.20. The number of carbonyl (C=O) groups excluding carboxylic acids is 1. The van der Waals surface area contributed by atoms with Gasteiger partial charge in [-0.1, -0.05) is 11.6 Å². The second-order valence-corrected chi connectivity index (χ2v) is 9.35. The molecule has 0 aliphatic carbocycles. The molecule has 0 bridgehead atoms. The molecule has 0 unspecified atom stereocenters. The SMILES string of the molecule is Cn1cc2c(c1C(=O)Nc1ccc(F)c(Cl)c1)OCC1(CCNCC1)NS2(=O)=O. The van der Waals surface area contributed by atoms with Crippen LogP contribution in [0.4, 0.5) is 10.1 Å². The molecule has 1 fully saturated rings. The Bertz CT molecular complexity index is 1080. The van der Waals surface area contributed by atoms with E-state index in [1.807, 2.05) is 0 Å². The number of nitrogens with one attached hydrogen (secondary N) is 3. The lowest BCUT2D eigenvalue weighted by Gasteiger charge is -2.35. The van der Waals surface area contributed by atoms with Crippen LogP contribution in [0.1, 0.15) is 23.3 Å². The third kappa shape index (κ3) is 3.73. The van der Waals surface area contributed by atoms with Crippen LogP contribution in [-0.4, -0.2) is 44.1 Å². The predicted octanol–water partition coefficient (Wildman–Crippen LogP) is 1.86. The highest BCUT2D eigenvalue weighted by Gasteiger charge is 2.43. The Morgan fingerprint density at radius 3 is 2.76 bits per heavy atom. The lowest BCUT2D eigenvalue weighted by molar-refractivity contribution is 0.101. The molecular weight excluding hydrogens is 423 g/mol. The number of ether oxygens (including phenoxy) is 1. The number of fused-ring (bicyclic) bond motifs is 1. The van der Waals surface area contributed by atoms with Crippen LogP contribution < -0.4 is 20.1 Å². The fraction of sp³-hybridized carbons (Fsp3) is 0.389. The van der Waals surface area contributed by atoms with E-state index in [0.29, 0.717) is 25.9 Å². The first kappa shape index (κ1) is 20.1. The fourth-order valence-corrected chi connectivity index (χ4v) is 5.49. The normalized spacial score (nSPS) is 19.8. The minimum absolute atomic E-state index is 0.00103. The highest BCUT2D eigenvalue weighted by Crippen LogP contribution is 2.36. The zero-order chi connectivity index (χ0) is 20.8. The minimum atomic E-state index is -3.88. The van der Waals surface area contributed by atoms with Crippen molar-refractivity contribution in [2.75, 3.05) is 25.0 Å². The molecule has 1 aromatic carbocycles. The average Bonchev–Trinajstić information content (AvgIpc) is 2.96. The van der Waals surface area contributed by atoms with Crippen molar-refractivity contribution in [3.8, 4) is 5.75 Å². The maximum Gasteiger partial charge on any atom is 0.276 e. The molecule has 1 aromatic heterocycles. The molecule has 0 atom stereocenters. The largest absolute Gasteiger partial charge is 0.488 e. The van der Waals surface area contributed by atoms with Gasteiger partial charge in [-0.25, -0.2) is 17.5 Å². The van der Waals surface area contributed by atoms with Crippen LogP contribution in [0.5, 0.6) is 5.75 Å². The van der Waals surface area contributed by atoms with E-state index < -0.39 is 27.3 Å². The molecular formula is C18H20ClFN4O4S. The molecule has 29 heavy (non-hydrogen) atoms. The first-order valence-corrected chi connectivity index (χ1v) is 10.9. The first-order valence-electron chi connectivity index (χ1n) is 9.04. The van der Waals surface area contributed by atoms with E-state index in [4.69, 9.17) is 16.3 Å². The zero-order valence-electron chi connectivity index (χ0n) is 15.6. The summed E-state index contributed by atoms with van der Waals surface area (Å²) in [5.41, 5.74) is -0.384. The maximum atomic E-state index is 13.4.